The highest BCUT2D eigenvalue weighted by atomic mass is 32.1. The lowest BCUT2D eigenvalue weighted by Gasteiger charge is -1.92. The van der Waals surface area contributed by atoms with Gasteiger partial charge in [-0.1, -0.05) is 12.1 Å². The fourth-order valence-electron chi connectivity index (χ4n) is 0.697. The summed E-state index contributed by atoms with van der Waals surface area (Å²) >= 11 is 4.10. The van der Waals surface area contributed by atoms with Crippen LogP contribution in [0, 0.1) is 0 Å². The van der Waals surface area contributed by atoms with Gasteiger partial charge in [0.1, 0.15) is 0 Å². The highest BCUT2D eigenvalue weighted by molar-refractivity contribution is 7.80. The Morgan fingerprint density at radius 1 is 1.30 bits per heavy atom. The summed E-state index contributed by atoms with van der Waals surface area (Å²) < 4.78 is 0. The summed E-state index contributed by atoms with van der Waals surface area (Å²) in [6, 6.07) is 7.45. The van der Waals surface area contributed by atoms with Crippen LogP contribution < -0.4 is 0 Å². The van der Waals surface area contributed by atoms with Crippen LogP contribution in [0.15, 0.2) is 29.2 Å². The van der Waals surface area contributed by atoms with Crippen LogP contribution in [0.25, 0.3) is 0 Å². The van der Waals surface area contributed by atoms with Gasteiger partial charge in [0.25, 0.3) is 0 Å². The first-order valence-corrected chi connectivity index (χ1v) is 3.40. The van der Waals surface area contributed by atoms with Crippen molar-refractivity contribution in [3.8, 4) is 0 Å². The normalized spacial score (nSPS) is 9.30. The van der Waals surface area contributed by atoms with E-state index < -0.39 is 0 Å². The van der Waals surface area contributed by atoms with E-state index in [0.717, 1.165) is 10.5 Å². The predicted molar refractivity (Wildman–Crippen MR) is 43.1 cm³/mol. The van der Waals surface area contributed by atoms with Crippen molar-refractivity contribution in [3.05, 3.63) is 29.8 Å². The van der Waals surface area contributed by atoms with Crippen LogP contribution in [0.4, 0.5) is 0 Å². The Morgan fingerprint density at radius 2 is 1.90 bits per heavy atom. The van der Waals surface area contributed by atoms with E-state index in [1.54, 1.807) is 0 Å². The van der Waals surface area contributed by atoms with Gasteiger partial charge >= 0.3 is 0 Å². The van der Waals surface area contributed by atoms with Crippen molar-refractivity contribution in [1.82, 2.24) is 0 Å². The molecule has 0 aliphatic rings. The molecular weight excluding hydrogens is 144 g/mol. The maximum absolute atomic E-state index is 9.92. The predicted octanol–water partition coefficient (Wildman–Crippen LogP) is 1.63. The molecule has 1 aromatic rings. The Hall–Kier alpha value is -0.760. The third kappa shape index (κ3) is 1.88. The van der Waals surface area contributed by atoms with Gasteiger partial charge in [-0.2, -0.15) is 0 Å². The van der Waals surface area contributed by atoms with Crippen LogP contribution in [-0.4, -0.2) is 6.29 Å². The van der Waals surface area contributed by atoms with E-state index >= 15 is 0 Å². The first-order valence-electron chi connectivity index (χ1n) is 2.96. The lowest BCUT2D eigenvalue weighted by atomic mass is 10.2. The molecule has 0 aliphatic carbocycles. The molecule has 1 aromatic carbocycles. The van der Waals surface area contributed by atoms with Gasteiger partial charge in [0, 0.05) is 11.3 Å². The zero-order valence-corrected chi connectivity index (χ0v) is 6.27. The molecule has 0 heterocycles. The third-order valence-electron chi connectivity index (χ3n) is 1.21. The Morgan fingerprint density at radius 3 is 2.40 bits per heavy atom. The molecule has 51 valence electrons. The summed E-state index contributed by atoms with van der Waals surface area (Å²) in [6.07, 6.45) is 2.20. The van der Waals surface area contributed by atoms with E-state index in [4.69, 9.17) is 0 Å². The number of rotatable bonds is 2. The molecular formula is C8H7OS. The van der Waals surface area contributed by atoms with Gasteiger partial charge in [-0.25, -0.2) is 0 Å². The van der Waals surface area contributed by atoms with Gasteiger partial charge in [-0.05, 0) is 17.7 Å². The summed E-state index contributed by atoms with van der Waals surface area (Å²) in [4.78, 5) is 10.8. The highest BCUT2D eigenvalue weighted by Gasteiger charge is 1.89. The summed E-state index contributed by atoms with van der Waals surface area (Å²) in [7, 11) is 0. The summed E-state index contributed by atoms with van der Waals surface area (Å²) in [6.45, 7) is 0. The molecule has 0 fully saturated rings. The van der Waals surface area contributed by atoms with E-state index in [2.05, 4.69) is 12.6 Å². The van der Waals surface area contributed by atoms with Crippen LogP contribution in [0.3, 0.4) is 0 Å². The Bertz CT molecular complexity index is 215. The van der Waals surface area contributed by atoms with Crippen molar-refractivity contribution in [1.29, 1.82) is 0 Å². The molecule has 0 atom stereocenters. The molecule has 0 bridgehead atoms. The van der Waals surface area contributed by atoms with Crippen LogP contribution in [0.5, 0.6) is 0 Å². The van der Waals surface area contributed by atoms with Gasteiger partial charge in [-0.15, -0.1) is 12.6 Å². The summed E-state index contributed by atoms with van der Waals surface area (Å²) in [5, 5.41) is 0. The Balaban J connectivity index is 2.78. The van der Waals surface area contributed by atoms with E-state index in [9.17, 15) is 4.79 Å². The molecule has 1 rings (SSSR count). The molecule has 10 heavy (non-hydrogen) atoms. The third-order valence-corrected chi connectivity index (χ3v) is 1.51. The van der Waals surface area contributed by atoms with Crippen molar-refractivity contribution in [3.63, 3.8) is 0 Å². The van der Waals surface area contributed by atoms with E-state index in [1.807, 2.05) is 30.6 Å². The minimum atomic E-state index is 0.369. The molecule has 1 radical (unpaired) electrons. The zero-order valence-electron chi connectivity index (χ0n) is 5.37. The molecule has 0 spiro atoms. The fraction of sp³-hybridized carbons (Fsp3) is 0.125. The van der Waals surface area contributed by atoms with Crippen molar-refractivity contribution < 1.29 is 4.79 Å². The van der Waals surface area contributed by atoms with Gasteiger partial charge in [0.05, 0.1) is 0 Å². The van der Waals surface area contributed by atoms with E-state index in [0.29, 0.717) is 6.42 Å². The monoisotopic (exact) mass is 151 g/mol. The molecule has 0 saturated carbocycles. The van der Waals surface area contributed by atoms with Crippen LogP contribution in [0.1, 0.15) is 5.56 Å². The van der Waals surface area contributed by atoms with Gasteiger partial charge in [-0.3, -0.25) is 4.79 Å². The lowest BCUT2D eigenvalue weighted by Crippen LogP contribution is -1.83. The molecule has 0 saturated heterocycles. The van der Waals surface area contributed by atoms with Crippen LogP contribution in [-0.2, 0) is 11.2 Å². The largest absolute Gasteiger partial charge is 0.291 e. The lowest BCUT2D eigenvalue weighted by molar-refractivity contribution is 0.555. The van der Waals surface area contributed by atoms with Crippen molar-refractivity contribution in [2.24, 2.45) is 0 Å². The first-order chi connectivity index (χ1) is 4.83. The van der Waals surface area contributed by atoms with Crippen molar-refractivity contribution >= 4 is 18.9 Å². The zero-order chi connectivity index (χ0) is 7.40. The topological polar surface area (TPSA) is 17.1 Å². The average Bonchev–Trinajstić information content (AvgIpc) is 1.95. The van der Waals surface area contributed by atoms with Crippen molar-refractivity contribution in [2.45, 2.75) is 11.3 Å². The second-order valence-corrected chi connectivity index (χ2v) is 2.50. The minimum Gasteiger partial charge on any atom is -0.291 e. The summed E-state index contributed by atoms with van der Waals surface area (Å²) in [5.74, 6) is 0. The van der Waals surface area contributed by atoms with Gasteiger partial charge in [0.15, 0.2) is 0 Å². The van der Waals surface area contributed by atoms with Gasteiger partial charge < -0.3 is 0 Å². The maximum atomic E-state index is 9.92. The SMILES string of the molecule is O=[C]Cc1ccc(S)cc1. The Labute approximate surface area is 65.5 Å². The minimum absolute atomic E-state index is 0.369. The molecule has 0 unspecified atom stereocenters. The fourth-order valence-corrected chi connectivity index (χ4v) is 0.846. The Kier molecular flexibility index (Phi) is 2.51. The molecule has 0 aromatic heterocycles. The number of benzene rings is 1. The number of carbonyl (C=O) groups excluding carboxylic acids is 1. The first kappa shape index (κ1) is 7.35. The molecule has 2 heteroatoms. The second-order valence-electron chi connectivity index (χ2n) is 1.99. The maximum Gasteiger partial charge on any atom is 0.203 e. The number of hydrogen-bond donors (Lipinski definition) is 1. The molecule has 0 amide bonds. The highest BCUT2D eigenvalue weighted by Crippen LogP contribution is 2.06. The number of hydrogen-bond acceptors (Lipinski definition) is 2. The van der Waals surface area contributed by atoms with Crippen molar-refractivity contribution in [2.75, 3.05) is 0 Å². The van der Waals surface area contributed by atoms with Gasteiger partial charge in [0.2, 0.25) is 6.29 Å². The summed E-state index contributed by atoms with van der Waals surface area (Å²) in [5.41, 5.74) is 0.979. The molecule has 0 N–H and O–H groups in total. The number of thiol groups is 1. The quantitative estimate of drug-likeness (QED) is 0.636. The van der Waals surface area contributed by atoms with Crippen LogP contribution >= 0.6 is 12.6 Å². The smallest absolute Gasteiger partial charge is 0.203 e. The molecule has 0 aliphatic heterocycles. The van der Waals surface area contributed by atoms with Crippen LogP contribution in [0.2, 0.25) is 0 Å². The van der Waals surface area contributed by atoms with E-state index in [1.165, 1.54) is 0 Å². The molecule has 1 nitrogen and oxygen atoms in total. The average molecular weight is 151 g/mol. The second kappa shape index (κ2) is 3.42. The van der Waals surface area contributed by atoms with E-state index in [-0.39, 0.29) is 0 Å². The standard InChI is InChI=1S/C8H7OS/c9-6-5-7-1-3-8(10)4-2-7/h1-4,10H,5H2.